The van der Waals surface area contributed by atoms with E-state index in [1.54, 1.807) is 18.2 Å². The third-order valence-electron chi connectivity index (χ3n) is 1.75. The third kappa shape index (κ3) is 1.51. The molecule has 1 radical (unpaired) electrons. The van der Waals surface area contributed by atoms with Crippen molar-refractivity contribution in [1.82, 2.24) is 0 Å². The van der Waals surface area contributed by atoms with Gasteiger partial charge in [0.25, 0.3) is 0 Å². The molecule has 1 heterocycles. The number of carbonyl (C=O) groups is 1. The first-order chi connectivity index (χ1) is 6.38. The first-order valence-corrected chi connectivity index (χ1v) is 3.93. The number of hydrogen-bond acceptors (Lipinski definition) is 2. The summed E-state index contributed by atoms with van der Waals surface area (Å²) in [5.41, 5.74) is 1.12. The summed E-state index contributed by atoms with van der Waals surface area (Å²) in [4.78, 5) is 11.6. The van der Waals surface area contributed by atoms with E-state index in [1.165, 1.54) is 6.26 Å². The van der Waals surface area contributed by atoms with Crippen molar-refractivity contribution in [2.45, 2.75) is 0 Å². The molecular formula is C11H7O2. The van der Waals surface area contributed by atoms with Gasteiger partial charge in [-0.1, -0.05) is 30.3 Å². The normalized spacial score (nSPS) is 9.85. The number of ketones is 1. The molecule has 2 nitrogen and oxygen atoms in total. The van der Waals surface area contributed by atoms with Crippen molar-refractivity contribution in [2.75, 3.05) is 0 Å². The fourth-order valence-corrected chi connectivity index (χ4v) is 1.10. The van der Waals surface area contributed by atoms with Crippen LogP contribution < -0.4 is 0 Å². The van der Waals surface area contributed by atoms with Crippen LogP contribution in [0.15, 0.2) is 47.1 Å². The van der Waals surface area contributed by atoms with E-state index in [4.69, 9.17) is 4.42 Å². The molecule has 0 aliphatic carbocycles. The second-order valence-corrected chi connectivity index (χ2v) is 2.63. The monoisotopic (exact) mass is 171 g/mol. The van der Waals surface area contributed by atoms with E-state index in [0.29, 0.717) is 11.1 Å². The average molecular weight is 171 g/mol. The summed E-state index contributed by atoms with van der Waals surface area (Å²) >= 11 is 0. The summed E-state index contributed by atoms with van der Waals surface area (Å²) in [6.45, 7) is 0. The lowest BCUT2D eigenvalue weighted by Gasteiger charge is -1.94. The Balaban J connectivity index is 2.34. The third-order valence-corrected chi connectivity index (χ3v) is 1.75. The molecule has 0 bridgehead atoms. The van der Waals surface area contributed by atoms with Crippen molar-refractivity contribution in [3.8, 4) is 0 Å². The van der Waals surface area contributed by atoms with E-state index >= 15 is 0 Å². The summed E-state index contributed by atoms with van der Waals surface area (Å²) in [5.74, 6) is -0.0608. The lowest BCUT2D eigenvalue weighted by atomic mass is 10.1. The van der Waals surface area contributed by atoms with Crippen molar-refractivity contribution < 1.29 is 9.21 Å². The SMILES string of the molecule is O=C(c1[c]occ1)c1ccccc1. The van der Waals surface area contributed by atoms with Gasteiger partial charge in [0.2, 0.25) is 0 Å². The Hall–Kier alpha value is -1.83. The summed E-state index contributed by atoms with van der Waals surface area (Å²) in [5, 5.41) is 0. The lowest BCUT2D eigenvalue weighted by Crippen LogP contribution is -1.98. The Labute approximate surface area is 75.8 Å². The quantitative estimate of drug-likeness (QED) is 0.649. The van der Waals surface area contributed by atoms with Crippen LogP contribution in [0.3, 0.4) is 0 Å². The van der Waals surface area contributed by atoms with Crippen LogP contribution >= 0.6 is 0 Å². The summed E-state index contributed by atoms with van der Waals surface area (Å²) in [6, 6.07) is 10.7. The van der Waals surface area contributed by atoms with Gasteiger partial charge in [0.05, 0.1) is 11.8 Å². The van der Waals surface area contributed by atoms with E-state index in [0.717, 1.165) is 0 Å². The van der Waals surface area contributed by atoms with Gasteiger partial charge in [-0.3, -0.25) is 4.79 Å². The van der Waals surface area contributed by atoms with E-state index in [2.05, 4.69) is 6.26 Å². The van der Waals surface area contributed by atoms with Gasteiger partial charge in [-0.2, -0.15) is 0 Å². The van der Waals surface area contributed by atoms with E-state index < -0.39 is 0 Å². The highest BCUT2D eigenvalue weighted by Gasteiger charge is 2.09. The van der Waals surface area contributed by atoms with Crippen molar-refractivity contribution in [3.05, 3.63) is 60.1 Å². The summed E-state index contributed by atoms with van der Waals surface area (Å²) in [6.07, 6.45) is 3.95. The molecular weight excluding hydrogens is 164 g/mol. The number of carbonyl (C=O) groups excluding carboxylic acids is 1. The average Bonchev–Trinajstić information content (AvgIpc) is 2.71. The lowest BCUT2D eigenvalue weighted by molar-refractivity contribution is 0.103. The molecule has 0 amide bonds. The molecule has 1 aromatic heterocycles. The van der Waals surface area contributed by atoms with Gasteiger partial charge in [0, 0.05) is 5.56 Å². The Bertz CT molecular complexity index is 387. The van der Waals surface area contributed by atoms with Gasteiger partial charge in [0.1, 0.15) is 0 Å². The fraction of sp³-hybridized carbons (Fsp3) is 0. The molecule has 0 spiro atoms. The summed E-state index contributed by atoms with van der Waals surface area (Å²) in [7, 11) is 0. The molecule has 0 fully saturated rings. The van der Waals surface area contributed by atoms with Crippen LogP contribution in [0.4, 0.5) is 0 Å². The minimum Gasteiger partial charge on any atom is -0.460 e. The van der Waals surface area contributed by atoms with Gasteiger partial charge in [-0.25, -0.2) is 0 Å². The molecule has 2 heteroatoms. The van der Waals surface area contributed by atoms with Crippen molar-refractivity contribution in [2.24, 2.45) is 0 Å². The Morgan fingerprint density at radius 3 is 2.54 bits per heavy atom. The molecule has 0 N–H and O–H groups in total. The number of hydrogen-bond donors (Lipinski definition) is 0. The first kappa shape index (κ1) is 7.80. The Morgan fingerprint density at radius 2 is 1.92 bits per heavy atom. The van der Waals surface area contributed by atoms with E-state index in [9.17, 15) is 4.79 Å². The highest BCUT2D eigenvalue weighted by molar-refractivity contribution is 6.08. The van der Waals surface area contributed by atoms with E-state index in [-0.39, 0.29) is 5.78 Å². The fourth-order valence-electron chi connectivity index (χ4n) is 1.10. The summed E-state index contributed by atoms with van der Waals surface area (Å²) < 4.78 is 4.71. The second-order valence-electron chi connectivity index (χ2n) is 2.63. The highest BCUT2D eigenvalue weighted by Crippen LogP contribution is 2.08. The van der Waals surface area contributed by atoms with Gasteiger partial charge in [-0.15, -0.1) is 0 Å². The molecule has 2 rings (SSSR count). The molecule has 1 aromatic carbocycles. The zero-order valence-electron chi connectivity index (χ0n) is 6.86. The second kappa shape index (κ2) is 3.27. The Kier molecular flexibility index (Phi) is 1.96. The van der Waals surface area contributed by atoms with Crippen LogP contribution in [-0.4, -0.2) is 5.78 Å². The van der Waals surface area contributed by atoms with Gasteiger partial charge in [0.15, 0.2) is 12.0 Å². The van der Waals surface area contributed by atoms with Crippen LogP contribution in [-0.2, 0) is 0 Å². The maximum Gasteiger partial charge on any atom is 0.197 e. The molecule has 0 aliphatic heterocycles. The van der Waals surface area contributed by atoms with Gasteiger partial charge >= 0.3 is 0 Å². The molecule has 0 saturated heterocycles. The molecule has 0 aliphatic rings. The van der Waals surface area contributed by atoms with Gasteiger partial charge in [-0.05, 0) is 6.07 Å². The zero-order chi connectivity index (χ0) is 9.10. The highest BCUT2D eigenvalue weighted by atomic mass is 16.3. The van der Waals surface area contributed by atoms with Crippen LogP contribution in [0.5, 0.6) is 0 Å². The van der Waals surface area contributed by atoms with Crippen molar-refractivity contribution in [1.29, 1.82) is 0 Å². The minimum absolute atomic E-state index is 0.0608. The standard InChI is InChI=1S/C11H7O2/c12-11(10-6-7-13-8-10)9-4-2-1-3-5-9/h1-7H. The molecule has 13 heavy (non-hydrogen) atoms. The van der Waals surface area contributed by atoms with Crippen molar-refractivity contribution >= 4 is 5.78 Å². The largest absolute Gasteiger partial charge is 0.460 e. The molecule has 0 saturated carbocycles. The number of benzene rings is 1. The van der Waals surface area contributed by atoms with Crippen LogP contribution in [0.1, 0.15) is 15.9 Å². The zero-order valence-corrected chi connectivity index (χ0v) is 6.86. The topological polar surface area (TPSA) is 30.2 Å². The maximum atomic E-state index is 11.6. The molecule has 0 atom stereocenters. The predicted molar refractivity (Wildman–Crippen MR) is 47.4 cm³/mol. The predicted octanol–water partition coefficient (Wildman–Crippen LogP) is 2.31. The molecule has 0 unspecified atom stereocenters. The number of rotatable bonds is 2. The van der Waals surface area contributed by atoms with Crippen LogP contribution in [0.25, 0.3) is 0 Å². The van der Waals surface area contributed by atoms with Crippen LogP contribution in [0, 0.1) is 6.26 Å². The van der Waals surface area contributed by atoms with Crippen molar-refractivity contribution in [3.63, 3.8) is 0 Å². The Morgan fingerprint density at radius 1 is 1.15 bits per heavy atom. The number of furan rings is 1. The smallest absolute Gasteiger partial charge is 0.197 e. The maximum absolute atomic E-state index is 11.6. The molecule has 2 aromatic rings. The minimum atomic E-state index is -0.0608. The first-order valence-electron chi connectivity index (χ1n) is 3.93. The van der Waals surface area contributed by atoms with Gasteiger partial charge < -0.3 is 4.42 Å². The molecule has 63 valence electrons. The van der Waals surface area contributed by atoms with Crippen LogP contribution in [0.2, 0.25) is 0 Å². The van der Waals surface area contributed by atoms with E-state index in [1.807, 2.05) is 18.2 Å².